The molecule has 30 heavy (non-hydrogen) atoms. The van der Waals surface area contributed by atoms with E-state index in [1.165, 1.54) is 12.8 Å². The summed E-state index contributed by atoms with van der Waals surface area (Å²) in [5.74, 6) is 1.29. The van der Waals surface area contributed by atoms with Crippen LogP contribution in [0.15, 0.2) is 48.7 Å². The first-order chi connectivity index (χ1) is 14.5. The van der Waals surface area contributed by atoms with Crippen molar-refractivity contribution in [2.75, 3.05) is 31.2 Å². The first kappa shape index (κ1) is 20.8. The largest absolute Gasteiger partial charge is 0.477 e. The molecule has 1 aliphatic heterocycles. The average molecular weight is 430 g/mol. The standard InChI is InChI=1S/C22H27N3O4S/c26-22(24-15-18-8-9-20(23-14-18)29-16-17-6-7-17)21(19-4-2-1-3-5-19)25-10-12-30(27,28)13-11-25/h1-5,8-9,14,17,21H,6-7,10-13,15-16H2,(H,24,26). The van der Waals surface area contributed by atoms with Crippen LogP contribution in [0.4, 0.5) is 0 Å². The molecule has 1 N–H and O–H groups in total. The second kappa shape index (κ2) is 9.14. The zero-order chi connectivity index (χ0) is 21.0. The van der Waals surface area contributed by atoms with Gasteiger partial charge in [0.2, 0.25) is 11.8 Å². The number of sulfone groups is 1. The van der Waals surface area contributed by atoms with Gasteiger partial charge in [-0.25, -0.2) is 13.4 Å². The molecule has 160 valence electrons. The highest BCUT2D eigenvalue weighted by Gasteiger charge is 2.32. The molecule has 2 aliphatic rings. The van der Waals surface area contributed by atoms with Gasteiger partial charge in [-0.2, -0.15) is 0 Å². The molecule has 0 spiro atoms. The van der Waals surface area contributed by atoms with E-state index in [0.717, 1.165) is 11.1 Å². The van der Waals surface area contributed by atoms with Crippen LogP contribution in [0.3, 0.4) is 0 Å². The lowest BCUT2D eigenvalue weighted by Gasteiger charge is -2.33. The zero-order valence-corrected chi connectivity index (χ0v) is 17.7. The Labute approximate surface area is 177 Å². The minimum atomic E-state index is -3.02. The molecule has 1 saturated carbocycles. The number of pyridine rings is 1. The minimum absolute atomic E-state index is 0.0792. The Kier molecular flexibility index (Phi) is 6.34. The molecule has 8 heteroatoms. The van der Waals surface area contributed by atoms with Crippen LogP contribution < -0.4 is 10.1 Å². The molecule has 7 nitrogen and oxygen atoms in total. The van der Waals surface area contributed by atoms with Gasteiger partial charge in [0.25, 0.3) is 0 Å². The number of amides is 1. The van der Waals surface area contributed by atoms with Crippen molar-refractivity contribution in [1.82, 2.24) is 15.2 Å². The molecule has 1 unspecified atom stereocenters. The molecule has 1 amide bonds. The molecule has 4 rings (SSSR count). The first-order valence-electron chi connectivity index (χ1n) is 10.3. The van der Waals surface area contributed by atoms with Gasteiger partial charge in [0.15, 0.2) is 9.84 Å². The Morgan fingerprint density at radius 1 is 1.13 bits per heavy atom. The van der Waals surface area contributed by atoms with Crippen molar-refractivity contribution in [3.05, 3.63) is 59.8 Å². The van der Waals surface area contributed by atoms with E-state index in [-0.39, 0.29) is 17.4 Å². The zero-order valence-electron chi connectivity index (χ0n) is 16.9. The van der Waals surface area contributed by atoms with Gasteiger partial charge in [0, 0.05) is 31.9 Å². The Balaban J connectivity index is 1.39. The third-order valence-electron chi connectivity index (χ3n) is 5.54. The quantitative estimate of drug-likeness (QED) is 0.690. The summed E-state index contributed by atoms with van der Waals surface area (Å²) in [6.07, 6.45) is 4.18. The number of aromatic nitrogens is 1. The van der Waals surface area contributed by atoms with Crippen LogP contribution in [0, 0.1) is 5.92 Å². The van der Waals surface area contributed by atoms with Crippen molar-refractivity contribution in [3.8, 4) is 5.88 Å². The third kappa shape index (κ3) is 5.58. The summed E-state index contributed by atoms with van der Waals surface area (Å²) >= 11 is 0. The van der Waals surface area contributed by atoms with Gasteiger partial charge in [-0.15, -0.1) is 0 Å². The molecule has 0 radical (unpaired) electrons. The number of ether oxygens (including phenoxy) is 1. The highest BCUT2D eigenvalue weighted by Crippen LogP contribution is 2.29. The molecule has 1 aromatic carbocycles. The van der Waals surface area contributed by atoms with Crippen molar-refractivity contribution in [1.29, 1.82) is 0 Å². The van der Waals surface area contributed by atoms with Crippen molar-refractivity contribution >= 4 is 15.7 Å². The summed E-state index contributed by atoms with van der Waals surface area (Å²) in [6.45, 7) is 1.77. The monoisotopic (exact) mass is 429 g/mol. The van der Waals surface area contributed by atoms with Gasteiger partial charge in [-0.3, -0.25) is 9.69 Å². The number of hydrogen-bond acceptors (Lipinski definition) is 6. The maximum absolute atomic E-state index is 13.1. The Morgan fingerprint density at radius 2 is 1.87 bits per heavy atom. The van der Waals surface area contributed by atoms with Crippen LogP contribution in [-0.2, 0) is 21.2 Å². The van der Waals surface area contributed by atoms with Gasteiger partial charge < -0.3 is 10.1 Å². The summed E-state index contributed by atoms with van der Waals surface area (Å²) < 4.78 is 29.3. The highest BCUT2D eigenvalue weighted by molar-refractivity contribution is 7.91. The van der Waals surface area contributed by atoms with E-state index < -0.39 is 15.9 Å². The van der Waals surface area contributed by atoms with Gasteiger partial charge in [0.05, 0.1) is 18.1 Å². The van der Waals surface area contributed by atoms with E-state index in [9.17, 15) is 13.2 Å². The Morgan fingerprint density at radius 3 is 2.50 bits per heavy atom. The van der Waals surface area contributed by atoms with E-state index >= 15 is 0 Å². The fourth-order valence-corrected chi connectivity index (χ4v) is 4.75. The molecule has 1 saturated heterocycles. The van der Waals surface area contributed by atoms with Gasteiger partial charge in [-0.1, -0.05) is 36.4 Å². The molecular formula is C22H27N3O4S. The molecule has 2 heterocycles. The van der Waals surface area contributed by atoms with Crippen LogP contribution in [-0.4, -0.2) is 55.4 Å². The number of rotatable bonds is 8. The van der Waals surface area contributed by atoms with Crippen molar-refractivity contribution in [2.45, 2.75) is 25.4 Å². The van der Waals surface area contributed by atoms with Crippen LogP contribution in [0.2, 0.25) is 0 Å². The second-order valence-corrected chi connectivity index (χ2v) is 10.3. The fraction of sp³-hybridized carbons (Fsp3) is 0.455. The maximum Gasteiger partial charge on any atom is 0.242 e. The van der Waals surface area contributed by atoms with E-state index in [1.54, 1.807) is 6.20 Å². The van der Waals surface area contributed by atoms with Crippen LogP contribution in [0.5, 0.6) is 5.88 Å². The number of carbonyl (C=O) groups excluding carboxylic acids is 1. The van der Waals surface area contributed by atoms with Crippen LogP contribution in [0.1, 0.15) is 30.0 Å². The van der Waals surface area contributed by atoms with E-state index in [0.29, 0.717) is 38.0 Å². The molecular weight excluding hydrogens is 402 g/mol. The fourth-order valence-electron chi connectivity index (χ4n) is 3.52. The van der Waals surface area contributed by atoms with E-state index in [2.05, 4.69) is 10.3 Å². The van der Waals surface area contributed by atoms with Gasteiger partial charge >= 0.3 is 0 Å². The summed E-state index contributed by atoms with van der Waals surface area (Å²) in [5, 5.41) is 2.98. The molecule has 0 bridgehead atoms. The normalized spacial score (nSPS) is 19.7. The van der Waals surface area contributed by atoms with Gasteiger partial charge in [-0.05, 0) is 29.9 Å². The Bertz CT molecular complexity index is 946. The minimum Gasteiger partial charge on any atom is -0.477 e. The number of hydrogen-bond donors (Lipinski definition) is 1. The summed E-state index contributed by atoms with van der Waals surface area (Å²) in [4.78, 5) is 19.3. The number of benzene rings is 1. The van der Waals surface area contributed by atoms with Crippen LogP contribution >= 0.6 is 0 Å². The number of carbonyl (C=O) groups is 1. The lowest BCUT2D eigenvalue weighted by atomic mass is 10.0. The highest BCUT2D eigenvalue weighted by atomic mass is 32.2. The first-order valence-corrected chi connectivity index (χ1v) is 12.2. The maximum atomic E-state index is 13.1. The SMILES string of the molecule is O=C(NCc1ccc(OCC2CC2)nc1)C(c1ccccc1)N1CCS(=O)(=O)CC1. The van der Waals surface area contributed by atoms with E-state index in [4.69, 9.17) is 4.74 Å². The van der Waals surface area contributed by atoms with Crippen molar-refractivity contribution < 1.29 is 17.9 Å². The molecule has 1 aromatic heterocycles. The molecule has 1 aliphatic carbocycles. The smallest absolute Gasteiger partial charge is 0.242 e. The van der Waals surface area contributed by atoms with Gasteiger partial charge in [0.1, 0.15) is 6.04 Å². The predicted molar refractivity (Wildman–Crippen MR) is 114 cm³/mol. The van der Waals surface area contributed by atoms with Crippen LogP contribution in [0.25, 0.3) is 0 Å². The summed E-state index contributed by atoms with van der Waals surface area (Å²) in [6, 6.07) is 12.7. The third-order valence-corrected chi connectivity index (χ3v) is 7.15. The second-order valence-electron chi connectivity index (χ2n) is 7.98. The summed E-state index contributed by atoms with van der Waals surface area (Å²) in [7, 11) is -3.02. The number of nitrogens with one attached hydrogen (secondary N) is 1. The topological polar surface area (TPSA) is 88.6 Å². The van der Waals surface area contributed by atoms with Crippen molar-refractivity contribution in [2.24, 2.45) is 5.92 Å². The molecule has 2 aromatic rings. The Hall–Kier alpha value is -2.45. The average Bonchev–Trinajstić information content (AvgIpc) is 3.58. The van der Waals surface area contributed by atoms with Crippen molar-refractivity contribution in [3.63, 3.8) is 0 Å². The number of nitrogens with zero attached hydrogens (tertiary/aromatic N) is 2. The molecule has 2 fully saturated rings. The summed E-state index contributed by atoms with van der Waals surface area (Å²) in [5.41, 5.74) is 1.74. The predicted octanol–water partition coefficient (Wildman–Crippen LogP) is 1.96. The van der Waals surface area contributed by atoms with E-state index in [1.807, 2.05) is 47.4 Å². The lowest BCUT2D eigenvalue weighted by Crippen LogP contribution is -2.47. The lowest BCUT2D eigenvalue weighted by molar-refractivity contribution is -0.126. The molecule has 1 atom stereocenters.